The van der Waals surface area contributed by atoms with Gasteiger partial charge in [0, 0.05) is 31.2 Å². The van der Waals surface area contributed by atoms with Crippen LogP contribution in [0.25, 0.3) is 0 Å². The third-order valence-electron chi connectivity index (χ3n) is 2.93. The molecule has 0 amide bonds. The number of nitrogens with one attached hydrogen (secondary N) is 2. The zero-order chi connectivity index (χ0) is 13.8. The smallest absolute Gasteiger partial charge is 0.312 e. The van der Waals surface area contributed by atoms with E-state index in [0.29, 0.717) is 6.04 Å². The fraction of sp³-hybridized carbons (Fsp3) is 0.667. The Hall–Kier alpha value is -0.850. The molecule has 0 spiro atoms. The van der Waals surface area contributed by atoms with E-state index in [2.05, 4.69) is 29.0 Å². The predicted molar refractivity (Wildman–Crippen MR) is 66.2 cm³/mol. The van der Waals surface area contributed by atoms with Crippen LogP contribution >= 0.6 is 0 Å². The Morgan fingerprint density at radius 1 is 1.56 bits per heavy atom. The summed E-state index contributed by atoms with van der Waals surface area (Å²) in [6.45, 7) is 7.52. The molecule has 1 fully saturated rings. The van der Waals surface area contributed by atoms with Crippen molar-refractivity contribution in [3.05, 3.63) is 24.3 Å². The zero-order valence-corrected chi connectivity index (χ0v) is 10.7. The number of halogens is 3. The van der Waals surface area contributed by atoms with Gasteiger partial charge in [-0.1, -0.05) is 18.7 Å². The molecule has 0 bridgehead atoms. The summed E-state index contributed by atoms with van der Waals surface area (Å²) in [5, 5.41) is 6.29. The summed E-state index contributed by atoms with van der Waals surface area (Å²) in [5.74, 6) is 0. The lowest BCUT2D eigenvalue weighted by atomic mass is 10.2. The maximum Gasteiger partial charge on any atom is 0.415 e. The molecule has 0 saturated carbocycles. The molecular formula is C12H20F3N3. The predicted octanol–water partition coefficient (Wildman–Crippen LogP) is 1.50. The van der Waals surface area contributed by atoms with Crippen LogP contribution in [-0.2, 0) is 0 Å². The van der Waals surface area contributed by atoms with Crippen molar-refractivity contribution in [2.75, 3.05) is 26.7 Å². The number of nitrogens with zero attached hydrogens (tertiary/aromatic N) is 1. The van der Waals surface area contributed by atoms with Crippen molar-refractivity contribution in [3.63, 3.8) is 0 Å². The summed E-state index contributed by atoms with van der Waals surface area (Å²) in [4.78, 5) is 2.10. The Morgan fingerprint density at radius 3 is 2.72 bits per heavy atom. The SMILES string of the molecule is C=C(/C=C\C(NC)N1CCNC(C)C1)C(F)(F)F. The molecule has 0 aliphatic carbocycles. The van der Waals surface area contributed by atoms with Crippen molar-refractivity contribution in [1.29, 1.82) is 0 Å². The molecule has 3 nitrogen and oxygen atoms in total. The number of likely N-dealkylation sites (N-methyl/N-ethyl adjacent to an activating group) is 1. The van der Waals surface area contributed by atoms with Crippen LogP contribution in [0.4, 0.5) is 13.2 Å². The van der Waals surface area contributed by atoms with Gasteiger partial charge in [-0.25, -0.2) is 0 Å². The Bertz CT molecular complexity index is 312. The molecule has 0 radical (unpaired) electrons. The number of hydrogen-bond acceptors (Lipinski definition) is 3. The molecule has 2 unspecified atom stereocenters. The van der Waals surface area contributed by atoms with E-state index >= 15 is 0 Å². The monoisotopic (exact) mass is 263 g/mol. The van der Waals surface area contributed by atoms with Crippen molar-refractivity contribution >= 4 is 0 Å². The van der Waals surface area contributed by atoms with Crippen LogP contribution in [0.3, 0.4) is 0 Å². The van der Waals surface area contributed by atoms with Gasteiger partial charge in [0.25, 0.3) is 0 Å². The van der Waals surface area contributed by atoms with E-state index in [-0.39, 0.29) is 6.17 Å². The molecule has 104 valence electrons. The van der Waals surface area contributed by atoms with Crippen molar-refractivity contribution in [2.45, 2.75) is 25.3 Å². The molecule has 0 aromatic carbocycles. The standard InChI is InChI=1S/C12H20F3N3/c1-9(12(13,14)15)4-5-11(16-3)18-7-6-17-10(2)8-18/h4-5,10-11,16-17H,1,6-8H2,2-3H3/b5-4-. The van der Waals surface area contributed by atoms with E-state index in [1.54, 1.807) is 7.05 Å². The van der Waals surface area contributed by atoms with Gasteiger partial charge >= 0.3 is 6.18 Å². The molecule has 1 aliphatic rings. The lowest BCUT2D eigenvalue weighted by Gasteiger charge is -2.36. The van der Waals surface area contributed by atoms with Crippen LogP contribution in [-0.4, -0.2) is 50.0 Å². The highest BCUT2D eigenvalue weighted by Gasteiger charge is 2.30. The van der Waals surface area contributed by atoms with Gasteiger partial charge in [0.05, 0.1) is 6.17 Å². The van der Waals surface area contributed by atoms with Gasteiger partial charge < -0.3 is 10.6 Å². The first-order valence-corrected chi connectivity index (χ1v) is 5.93. The molecule has 1 rings (SSSR count). The highest BCUT2D eigenvalue weighted by molar-refractivity contribution is 5.21. The number of allylic oxidation sites excluding steroid dienone is 2. The Morgan fingerprint density at radius 2 is 2.22 bits per heavy atom. The Labute approximate surface area is 106 Å². The number of hydrogen-bond donors (Lipinski definition) is 2. The normalized spacial score (nSPS) is 24.4. The van der Waals surface area contributed by atoms with Crippen LogP contribution < -0.4 is 10.6 Å². The van der Waals surface area contributed by atoms with E-state index in [1.165, 1.54) is 6.08 Å². The lowest BCUT2D eigenvalue weighted by molar-refractivity contribution is -0.0878. The summed E-state index contributed by atoms with van der Waals surface area (Å²) in [7, 11) is 1.73. The van der Waals surface area contributed by atoms with E-state index in [4.69, 9.17) is 0 Å². The van der Waals surface area contributed by atoms with E-state index in [0.717, 1.165) is 25.7 Å². The molecule has 1 heterocycles. The molecule has 18 heavy (non-hydrogen) atoms. The van der Waals surface area contributed by atoms with Crippen LogP contribution in [0.15, 0.2) is 24.3 Å². The largest absolute Gasteiger partial charge is 0.415 e. The second-order valence-electron chi connectivity index (χ2n) is 4.47. The quantitative estimate of drug-likeness (QED) is 0.753. The van der Waals surface area contributed by atoms with Crippen molar-refractivity contribution in [3.8, 4) is 0 Å². The molecule has 1 saturated heterocycles. The number of piperazine rings is 1. The third kappa shape index (κ3) is 4.44. The van der Waals surface area contributed by atoms with Gasteiger partial charge in [-0.15, -0.1) is 0 Å². The summed E-state index contributed by atoms with van der Waals surface area (Å²) in [6.07, 6.45) is -2.01. The van der Waals surface area contributed by atoms with Crippen LogP contribution in [0.1, 0.15) is 6.92 Å². The zero-order valence-electron chi connectivity index (χ0n) is 10.7. The summed E-state index contributed by atoms with van der Waals surface area (Å²) < 4.78 is 36.9. The number of alkyl halides is 3. The molecule has 1 aliphatic heterocycles. The van der Waals surface area contributed by atoms with Crippen molar-refractivity contribution < 1.29 is 13.2 Å². The lowest BCUT2D eigenvalue weighted by Crippen LogP contribution is -2.55. The Kier molecular flexibility index (Phi) is 5.37. The summed E-state index contributed by atoms with van der Waals surface area (Å²) in [6, 6.07) is 0.341. The second-order valence-corrected chi connectivity index (χ2v) is 4.47. The topological polar surface area (TPSA) is 27.3 Å². The van der Waals surface area contributed by atoms with Gasteiger partial charge in [0.2, 0.25) is 0 Å². The molecule has 2 N–H and O–H groups in total. The van der Waals surface area contributed by atoms with Crippen LogP contribution in [0.2, 0.25) is 0 Å². The molecule has 0 aromatic rings. The minimum absolute atomic E-state index is 0.200. The summed E-state index contributed by atoms with van der Waals surface area (Å²) in [5.41, 5.74) is -0.828. The molecule has 0 aromatic heterocycles. The molecular weight excluding hydrogens is 243 g/mol. The average Bonchev–Trinajstić information content (AvgIpc) is 2.28. The minimum atomic E-state index is -4.36. The average molecular weight is 263 g/mol. The van der Waals surface area contributed by atoms with Crippen LogP contribution in [0, 0.1) is 0 Å². The number of rotatable bonds is 4. The molecule has 6 heteroatoms. The first-order chi connectivity index (χ1) is 8.34. The maximum atomic E-state index is 12.3. The van der Waals surface area contributed by atoms with Gasteiger partial charge in [-0.3, -0.25) is 4.90 Å². The van der Waals surface area contributed by atoms with Crippen molar-refractivity contribution in [2.24, 2.45) is 0 Å². The summed E-state index contributed by atoms with van der Waals surface area (Å²) >= 11 is 0. The van der Waals surface area contributed by atoms with Crippen molar-refractivity contribution in [1.82, 2.24) is 15.5 Å². The highest BCUT2D eigenvalue weighted by atomic mass is 19.4. The van der Waals surface area contributed by atoms with E-state index in [9.17, 15) is 13.2 Å². The van der Waals surface area contributed by atoms with Gasteiger partial charge in [-0.05, 0) is 14.0 Å². The maximum absolute atomic E-state index is 12.3. The molecule has 2 atom stereocenters. The minimum Gasteiger partial charge on any atom is -0.312 e. The fourth-order valence-electron chi connectivity index (χ4n) is 1.92. The van der Waals surface area contributed by atoms with Gasteiger partial charge in [0.1, 0.15) is 0 Å². The first kappa shape index (κ1) is 15.2. The second kappa shape index (κ2) is 6.36. The van der Waals surface area contributed by atoms with E-state index in [1.807, 2.05) is 0 Å². The van der Waals surface area contributed by atoms with Gasteiger partial charge in [-0.2, -0.15) is 13.2 Å². The third-order valence-corrected chi connectivity index (χ3v) is 2.93. The van der Waals surface area contributed by atoms with Crippen LogP contribution in [0.5, 0.6) is 0 Å². The highest BCUT2D eigenvalue weighted by Crippen LogP contribution is 2.24. The Balaban J connectivity index is 2.61. The first-order valence-electron chi connectivity index (χ1n) is 5.93. The van der Waals surface area contributed by atoms with Gasteiger partial charge in [0.15, 0.2) is 0 Å². The fourth-order valence-corrected chi connectivity index (χ4v) is 1.92. The van der Waals surface area contributed by atoms with E-state index < -0.39 is 11.7 Å².